The van der Waals surface area contributed by atoms with Crippen molar-refractivity contribution in [1.29, 1.82) is 0 Å². The lowest BCUT2D eigenvalue weighted by Crippen LogP contribution is -1.96. The van der Waals surface area contributed by atoms with E-state index in [4.69, 9.17) is 0 Å². The Labute approximate surface area is 102 Å². The Morgan fingerprint density at radius 3 is 2.38 bits per heavy atom. The molecular weight excluding hydrogens is 194 g/mol. The van der Waals surface area contributed by atoms with E-state index in [1.165, 1.54) is 5.57 Å². The molecule has 1 heteroatoms. The molecule has 0 heterocycles. The molecule has 0 rings (SSSR count). The van der Waals surface area contributed by atoms with Gasteiger partial charge in [0.15, 0.2) is 0 Å². The molecule has 0 aromatic heterocycles. The molecule has 0 saturated heterocycles. The van der Waals surface area contributed by atoms with Crippen LogP contribution in [0, 0.1) is 5.92 Å². The minimum absolute atomic E-state index is 0.734. The van der Waals surface area contributed by atoms with Gasteiger partial charge in [0.2, 0.25) is 0 Å². The van der Waals surface area contributed by atoms with Crippen LogP contribution in [0.15, 0.2) is 36.7 Å². The molecule has 0 spiro atoms. The van der Waals surface area contributed by atoms with Crippen LogP contribution in [-0.4, -0.2) is 0 Å². The minimum Gasteiger partial charge on any atom is -0.368 e. The summed E-state index contributed by atoms with van der Waals surface area (Å²) < 4.78 is 0. The highest BCUT2D eigenvalue weighted by Gasteiger charge is 1.93. The normalized spacial score (nSPS) is 11.2. The highest BCUT2D eigenvalue weighted by Crippen LogP contribution is 2.07. The van der Waals surface area contributed by atoms with E-state index in [1.807, 2.05) is 26.1 Å². The van der Waals surface area contributed by atoms with Crippen LogP contribution in [0.25, 0.3) is 0 Å². The van der Waals surface area contributed by atoms with E-state index in [-0.39, 0.29) is 0 Å². The van der Waals surface area contributed by atoms with Crippen LogP contribution in [-0.2, 0) is 0 Å². The third-order valence-electron chi connectivity index (χ3n) is 1.81. The summed E-state index contributed by atoms with van der Waals surface area (Å²) in [6.45, 7) is 14.3. The van der Waals surface area contributed by atoms with Gasteiger partial charge >= 0.3 is 0 Å². The standard InChI is InChI=1S/C13H23N.C2H6/c1-5-6-7-8-9-14-11-13(4)10-12(2)3;1-2/h5,8-9,11-12,14H,1,6-7,10H2,2-4H3;1-2H3/b9-8+,13-11+;. The number of allylic oxidation sites excluding steroid dienone is 3. The van der Waals surface area contributed by atoms with Gasteiger partial charge < -0.3 is 5.32 Å². The molecule has 0 aromatic carbocycles. The van der Waals surface area contributed by atoms with Crippen LogP contribution in [0.3, 0.4) is 0 Å². The van der Waals surface area contributed by atoms with Crippen LogP contribution in [0.5, 0.6) is 0 Å². The zero-order valence-corrected chi connectivity index (χ0v) is 11.7. The number of rotatable bonds is 7. The minimum atomic E-state index is 0.734. The molecule has 0 aliphatic rings. The Hall–Kier alpha value is -0.980. The van der Waals surface area contributed by atoms with Crippen molar-refractivity contribution in [3.8, 4) is 0 Å². The fourth-order valence-electron chi connectivity index (χ4n) is 1.26. The summed E-state index contributed by atoms with van der Waals surface area (Å²) in [7, 11) is 0. The molecule has 0 aliphatic heterocycles. The van der Waals surface area contributed by atoms with Gasteiger partial charge in [-0.2, -0.15) is 0 Å². The molecule has 0 saturated carbocycles. The fourth-order valence-corrected chi connectivity index (χ4v) is 1.26. The first-order valence-corrected chi connectivity index (χ1v) is 6.34. The number of hydrogen-bond donors (Lipinski definition) is 1. The molecule has 0 bridgehead atoms. The maximum absolute atomic E-state index is 3.67. The van der Waals surface area contributed by atoms with Gasteiger partial charge in [0.05, 0.1) is 0 Å². The van der Waals surface area contributed by atoms with Crippen LogP contribution in [0.2, 0.25) is 0 Å². The highest BCUT2D eigenvalue weighted by atomic mass is 14.8. The molecule has 0 atom stereocenters. The first-order valence-electron chi connectivity index (χ1n) is 6.34. The average Bonchev–Trinajstić information content (AvgIpc) is 2.25. The summed E-state index contributed by atoms with van der Waals surface area (Å²) in [6, 6.07) is 0. The van der Waals surface area contributed by atoms with E-state index in [0.717, 1.165) is 25.2 Å². The SMILES string of the molecule is C=CCC/C=C/N/C=C(\C)CC(C)C.CC. The predicted molar refractivity (Wildman–Crippen MR) is 76.3 cm³/mol. The van der Waals surface area contributed by atoms with Crippen molar-refractivity contribution in [3.63, 3.8) is 0 Å². The largest absolute Gasteiger partial charge is 0.368 e. The van der Waals surface area contributed by atoms with Gasteiger partial charge in [0, 0.05) is 0 Å². The van der Waals surface area contributed by atoms with E-state index >= 15 is 0 Å². The van der Waals surface area contributed by atoms with E-state index in [2.05, 4.69) is 44.9 Å². The lowest BCUT2D eigenvalue weighted by Gasteiger charge is -2.03. The number of unbranched alkanes of at least 4 members (excludes halogenated alkanes) is 1. The molecule has 0 unspecified atom stereocenters. The second kappa shape index (κ2) is 14.0. The molecule has 1 nitrogen and oxygen atoms in total. The van der Waals surface area contributed by atoms with E-state index in [9.17, 15) is 0 Å². The van der Waals surface area contributed by atoms with Gasteiger partial charge in [0.1, 0.15) is 0 Å². The van der Waals surface area contributed by atoms with Crippen molar-refractivity contribution in [2.24, 2.45) is 5.92 Å². The van der Waals surface area contributed by atoms with Gasteiger partial charge in [-0.1, -0.05) is 45.4 Å². The molecule has 0 aromatic rings. The van der Waals surface area contributed by atoms with E-state index < -0.39 is 0 Å². The van der Waals surface area contributed by atoms with Crippen molar-refractivity contribution >= 4 is 0 Å². The maximum atomic E-state index is 3.67. The van der Waals surface area contributed by atoms with E-state index in [1.54, 1.807) is 0 Å². The molecule has 1 N–H and O–H groups in total. The predicted octanol–water partition coefficient (Wildman–Crippen LogP) is 5.03. The Kier molecular flexibility index (Phi) is 15.3. The molecule has 0 radical (unpaired) electrons. The van der Waals surface area contributed by atoms with Crippen LogP contribution >= 0.6 is 0 Å². The van der Waals surface area contributed by atoms with Gasteiger partial charge in [-0.25, -0.2) is 0 Å². The lowest BCUT2D eigenvalue weighted by molar-refractivity contribution is 0.640. The third-order valence-corrected chi connectivity index (χ3v) is 1.81. The lowest BCUT2D eigenvalue weighted by atomic mass is 10.1. The van der Waals surface area contributed by atoms with Crippen molar-refractivity contribution in [3.05, 3.63) is 36.7 Å². The monoisotopic (exact) mass is 223 g/mol. The van der Waals surface area contributed by atoms with Gasteiger partial charge in [-0.3, -0.25) is 0 Å². The molecule has 94 valence electrons. The van der Waals surface area contributed by atoms with Crippen molar-refractivity contribution in [2.45, 2.75) is 53.9 Å². The third kappa shape index (κ3) is 15.5. The quantitative estimate of drug-likeness (QED) is 0.471. The van der Waals surface area contributed by atoms with Crippen LogP contribution < -0.4 is 5.32 Å². The summed E-state index contributed by atoms with van der Waals surface area (Å²) >= 11 is 0. The summed E-state index contributed by atoms with van der Waals surface area (Å²) in [5.41, 5.74) is 1.40. The molecule has 16 heavy (non-hydrogen) atoms. The first-order chi connectivity index (χ1) is 7.66. The maximum Gasteiger partial charge on any atom is -0.000643 e. The second-order valence-electron chi connectivity index (χ2n) is 4.02. The summed E-state index contributed by atoms with van der Waals surface area (Å²) in [4.78, 5) is 0. The molecule has 0 aliphatic carbocycles. The Morgan fingerprint density at radius 2 is 1.88 bits per heavy atom. The van der Waals surface area contributed by atoms with Gasteiger partial charge in [0.25, 0.3) is 0 Å². The van der Waals surface area contributed by atoms with Crippen LogP contribution in [0.1, 0.15) is 53.9 Å². The molecule has 0 fully saturated rings. The topological polar surface area (TPSA) is 12.0 Å². The highest BCUT2D eigenvalue weighted by molar-refractivity contribution is 5.00. The number of hydrogen-bond acceptors (Lipinski definition) is 1. The van der Waals surface area contributed by atoms with Crippen LogP contribution in [0.4, 0.5) is 0 Å². The number of nitrogens with one attached hydrogen (secondary N) is 1. The summed E-state index contributed by atoms with van der Waals surface area (Å²) in [6.07, 6.45) is 11.4. The molecule has 0 amide bonds. The Balaban J connectivity index is 0. The zero-order valence-electron chi connectivity index (χ0n) is 11.7. The van der Waals surface area contributed by atoms with Crippen molar-refractivity contribution in [2.75, 3.05) is 0 Å². The summed E-state index contributed by atoms with van der Waals surface area (Å²) in [5.74, 6) is 0.734. The second-order valence-corrected chi connectivity index (χ2v) is 4.02. The molecular formula is C15H29N. The Morgan fingerprint density at radius 1 is 1.25 bits per heavy atom. The van der Waals surface area contributed by atoms with Crippen molar-refractivity contribution < 1.29 is 0 Å². The zero-order chi connectivity index (χ0) is 12.8. The van der Waals surface area contributed by atoms with Gasteiger partial charge in [-0.05, 0) is 44.5 Å². The smallest absolute Gasteiger partial charge is 0.000643 e. The van der Waals surface area contributed by atoms with E-state index in [0.29, 0.717) is 0 Å². The van der Waals surface area contributed by atoms with Gasteiger partial charge in [-0.15, -0.1) is 6.58 Å². The first kappa shape index (κ1) is 17.4. The average molecular weight is 223 g/mol. The summed E-state index contributed by atoms with van der Waals surface area (Å²) in [5, 5.41) is 3.17. The van der Waals surface area contributed by atoms with Crippen molar-refractivity contribution in [1.82, 2.24) is 5.32 Å². The fraction of sp³-hybridized carbons (Fsp3) is 0.600. The Bertz CT molecular complexity index is 199.